The number of benzene rings is 1. The van der Waals surface area contributed by atoms with Gasteiger partial charge in [0.05, 0.1) is 26.0 Å². The number of rotatable bonds is 5. The molecule has 3 heterocycles. The average molecular weight is 353 g/mol. The largest absolute Gasteiger partial charge is 0.454 e. The third kappa shape index (κ3) is 3.57. The Balaban J connectivity index is 1.49. The SMILES string of the molecule is C=C1CC(c2ccccc2-c2cnn(CCN3CCOCC3)c2)OC1=O. The summed E-state index contributed by atoms with van der Waals surface area (Å²) in [6.07, 6.45) is 4.22. The zero-order chi connectivity index (χ0) is 17.9. The summed E-state index contributed by atoms with van der Waals surface area (Å²) >= 11 is 0. The van der Waals surface area contributed by atoms with Crippen molar-refractivity contribution in [3.8, 4) is 11.1 Å². The lowest BCUT2D eigenvalue weighted by atomic mass is 9.96. The molecule has 136 valence electrons. The fourth-order valence-electron chi connectivity index (χ4n) is 3.47. The van der Waals surface area contributed by atoms with Gasteiger partial charge >= 0.3 is 5.97 Å². The third-order valence-corrected chi connectivity index (χ3v) is 4.97. The molecule has 0 bridgehead atoms. The summed E-state index contributed by atoms with van der Waals surface area (Å²) < 4.78 is 12.8. The van der Waals surface area contributed by atoms with Crippen LogP contribution in [0.5, 0.6) is 0 Å². The normalized spacial score (nSPS) is 21.2. The van der Waals surface area contributed by atoms with E-state index in [-0.39, 0.29) is 12.1 Å². The zero-order valence-electron chi connectivity index (χ0n) is 14.8. The molecule has 1 aromatic heterocycles. The lowest BCUT2D eigenvalue weighted by Crippen LogP contribution is -2.38. The van der Waals surface area contributed by atoms with Gasteiger partial charge < -0.3 is 9.47 Å². The van der Waals surface area contributed by atoms with Crippen LogP contribution in [0, 0.1) is 0 Å². The van der Waals surface area contributed by atoms with Gasteiger partial charge in [0.2, 0.25) is 0 Å². The average Bonchev–Trinajstić information content (AvgIpc) is 3.28. The van der Waals surface area contributed by atoms with Crippen LogP contribution in [0.3, 0.4) is 0 Å². The topological polar surface area (TPSA) is 56.6 Å². The maximum atomic E-state index is 11.7. The van der Waals surface area contributed by atoms with Crippen molar-refractivity contribution in [2.75, 3.05) is 32.8 Å². The van der Waals surface area contributed by atoms with Crippen LogP contribution in [0.1, 0.15) is 18.1 Å². The zero-order valence-corrected chi connectivity index (χ0v) is 14.8. The molecule has 0 spiro atoms. The standard InChI is InChI=1S/C20H23N3O3/c1-15-12-19(26-20(15)24)18-5-3-2-4-17(18)16-13-21-23(14-16)7-6-22-8-10-25-11-9-22/h2-5,13-14,19H,1,6-12H2. The molecule has 2 saturated heterocycles. The molecule has 0 N–H and O–H groups in total. The number of hydrogen-bond donors (Lipinski definition) is 0. The second-order valence-electron chi connectivity index (χ2n) is 6.73. The Morgan fingerprint density at radius 2 is 2.00 bits per heavy atom. The molecule has 6 heteroatoms. The number of nitrogens with zero attached hydrogens (tertiary/aromatic N) is 3. The first-order valence-corrected chi connectivity index (χ1v) is 9.01. The highest BCUT2D eigenvalue weighted by Gasteiger charge is 2.30. The van der Waals surface area contributed by atoms with Crippen LogP contribution in [0.2, 0.25) is 0 Å². The molecule has 2 fully saturated rings. The van der Waals surface area contributed by atoms with Gasteiger partial charge in [0.25, 0.3) is 0 Å². The van der Waals surface area contributed by atoms with Crippen LogP contribution in [-0.2, 0) is 20.8 Å². The Bertz CT molecular complexity index is 792. The highest BCUT2D eigenvalue weighted by Crippen LogP contribution is 2.37. The van der Waals surface area contributed by atoms with Crippen molar-refractivity contribution in [1.29, 1.82) is 0 Å². The highest BCUT2D eigenvalue weighted by atomic mass is 16.5. The Hall–Kier alpha value is -2.44. The number of ether oxygens (including phenoxy) is 2. The van der Waals surface area contributed by atoms with Crippen LogP contribution in [-0.4, -0.2) is 53.5 Å². The van der Waals surface area contributed by atoms with Crippen molar-refractivity contribution in [1.82, 2.24) is 14.7 Å². The summed E-state index contributed by atoms with van der Waals surface area (Å²) in [5.41, 5.74) is 3.63. The van der Waals surface area contributed by atoms with Crippen molar-refractivity contribution >= 4 is 5.97 Å². The van der Waals surface area contributed by atoms with E-state index in [2.05, 4.69) is 22.8 Å². The smallest absolute Gasteiger partial charge is 0.334 e. The molecule has 2 aliphatic rings. The van der Waals surface area contributed by atoms with Crippen molar-refractivity contribution in [2.45, 2.75) is 19.1 Å². The minimum absolute atomic E-state index is 0.261. The Kier molecular flexibility index (Phi) is 4.86. The van der Waals surface area contributed by atoms with Gasteiger partial charge in [-0.3, -0.25) is 9.58 Å². The maximum Gasteiger partial charge on any atom is 0.334 e. The van der Waals surface area contributed by atoms with Gasteiger partial charge in [0.1, 0.15) is 6.10 Å². The van der Waals surface area contributed by atoms with Gasteiger partial charge in [-0.05, 0) is 5.56 Å². The number of morpholine rings is 1. The van der Waals surface area contributed by atoms with E-state index in [9.17, 15) is 4.79 Å². The predicted molar refractivity (Wildman–Crippen MR) is 97.5 cm³/mol. The highest BCUT2D eigenvalue weighted by molar-refractivity contribution is 5.90. The van der Waals surface area contributed by atoms with E-state index < -0.39 is 0 Å². The van der Waals surface area contributed by atoms with Crippen molar-refractivity contribution < 1.29 is 14.3 Å². The molecular formula is C20H23N3O3. The molecular weight excluding hydrogens is 330 g/mol. The molecule has 0 radical (unpaired) electrons. The third-order valence-electron chi connectivity index (χ3n) is 4.97. The molecule has 2 aromatic rings. The number of cyclic esters (lactones) is 1. The number of aromatic nitrogens is 2. The second kappa shape index (κ2) is 7.43. The van der Waals surface area contributed by atoms with E-state index in [0.717, 1.165) is 56.1 Å². The summed E-state index contributed by atoms with van der Waals surface area (Å²) in [6, 6.07) is 8.02. The van der Waals surface area contributed by atoms with Crippen LogP contribution in [0.4, 0.5) is 0 Å². The molecule has 0 amide bonds. The van der Waals surface area contributed by atoms with Gasteiger partial charge in [-0.15, -0.1) is 0 Å². The molecule has 0 aliphatic carbocycles. The number of carbonyl (C=O) groups excluding carboxylic acids is 1. The molecule has 0 saturated carbocycles. The lowest BCUT2D eigenvalue weighted by molar-refractivity contribution is -0.139. The fourth-order valence-corrected chi connectivity index (χ4v) is 3.47. The number of esters is 1. The van der Waals surface area contributed by atoms with Crippen LogP contribution >= 0.6 is 0 Å². The van der Waals surface area contributed by atoms with Crippen LogP contribution in [0.15, 0.2) is 48.8 Å². The quantitative estimate of drug-likeness (QED) is 0.610. The molecule has 2 aliphatic heterocycles. The minimum atomic E-state index is -0.300. The first-order chi connectivity index (χ1) is 12.7. The molecule has 1 aromatic carbocycles. The van der Waals surface area contributed by atoms with Gasteiger partial charge in [0, 0.05) is 49.0 Å². The fraction of sp³-hybridized carbons (Fsp3) is 0.400. The van der Waals surface area contributed by atoms with Crippen LogP contribution in [0.25, 0.3) is 11.1 Å². The summed E-state index contributed by atoms with van der Waals surface area (Å²) in [6.45, 7) is 9.17. The Morgan fingerprint density at radius 3 is 2.77 bits per heavy atom. The van der Waals surface area contributed by atoms with Gasteiger partial charge in [0.15, 0.2) is 0 Å². The Morgan fingerprint density at radius 1 is 1.19 bits per heavy atom. The Labute approximate surface area is 153 Å². The van der Waals surface area contributed by atoms with E-state index >= 15 is 0 Å². The molecule has 6 nitrogen and oxygen atoms in total. The first-order valence-electron chi connectivity index (χ1n) is 9.01. The summed E-state index contributed by atoms with van der Waals surface area (Å²) in [5, 5.41) is 4.51. The van der Waals surface area contributed by atoms with E-state index in [4.69, 9.17) is 9.47 Å². The summed E-state index contributed by atoms with van der Waals surface area (Å²) in [4.78, 5) is 14.1. The summed E-state index contributed by atoms with van der Waals surface area (Å²) in [7, 11) is 0. The maximum absolute atomic E-state index is 11.7. The molecule has 1 atom stereocenters. The van der Waals surface area contributed by atoms with Gasteiger partial charge in [-0.1, -0.05) is 30.8 Å². The first kappa shape index (κ1) is 17.0. The summed E-state index contributed by atoms with van der Waals surface area (Å²) in [5.74, 6) is -0.300. The van der Waals surface area contributed by atoms with Crippen molar-refractivity contribution in [3.63, 3.8) is 0 Å². The van der Waals surface area contributed by atoms with E-state index in [1.165, 1.54) is 0 Å². The van der Waals surface area contributed by atoms with Crippen molar-refractivity contribution in [3.05, 3.63) is 54.4 Å². The second-order valence-corrected chi connectivity index (χ2v) is 6.73. The van der Waals surface area contributed by atoms with E-state index in [0.29, 0.717) is 12.0 Å². The molecule has 26 heavy (non-hydrogen) atoms. The molecule has 1 unspecified atom stereocenters. The minimum Gasteiger partial charge on any atom is -0.454 e. The van der Waals surface area contributed by atoms with E-state index in [1.54, 1.807) is 0 Å². The predicted octanol–water partition coefficient (Wildman–Crippen LogP) is 2.43. The lowest BCUT2D eigenvalue weighted by Gasteiger charge is -2.26. The number of carbonyl (C=O) groups is 1. The number of hydrogen-bond acceptors (Lipinski definition) is 5. The van der Waals surface area contributed by atoms with Gasteiger partial charge in [-0.25, -0.2) is 4.79 Å². The molecule has 4 rings (SSSR count). The van der Waals surface area contributed by atoms with Crippen molar-refractivity contribution in [2.24, 2.45) is 0 Å². The van der Waals surface area contributed by atoms with E-state index in [1.807, 2.05) is 35.1 Å². The monoisotopic (exact) mass is 353 g/mol. The van der Waals surface area contributed by atoms with Gasteiger partial charge in [-0.2, -0.15) is 5.10 Å². The van der Waals surface area contributed by atoms with Crippen LogP contribution < -0.4 is 0 Å².